The first-order chi connectivity index (χ1) is 8.70. The lowest BCUT2D eigenvalue weighted by Crippen LogP contribution is -2.30. The number of carbonyl (C=O) groups excluding carboxylic acids is 2. The van der Waals surface area contributed by atoms with Gasteiger partial charge in [0.05, 0.1) is 12.6 Å². The summed E-state index contributed by atoms with van der Waals surface area (Å²) in [6.07, 6.45) is 2.83. The second kappa shape index (κ2) is 8.59. The summed E-state index contributed by atoms with van der Waals surface area (Å²) in [7, 11) is 4.82. The molecule has 0 aromatic heterocycles. The number of hydrogen-bond acceptors (Lipinski definition) is 4. The van der Waals surface area contributed by atoms with E-state index in [9.17, 15) is 9.59 Å². The van der Waals surface area contributed by atoms with Gasteiger partial charge < -0.3 is 9.57 Å². The van der Waals surface area contributed by atoms with Gasteiger partial charge in [0.2, 0.25) is 6.41 Å². The molecule has 2 aliphatic rings. The minimum atomic E-state index is 0.188. The van der Waals surface area contributed by atoms with Gasteiger partial charge in [0.25, 0.3) is 0 Å². The van der Waals surface area contributed by atoms with E-state index in [2.05, 4.69) is 34.2 Å². The predicted molar refractivity (Wildman–Crippen MR) is 74.4 cm³/mol. The minimum Gasteiger partial charge on any atom is -0.322 e. The van der Waals surface area contributed by atoms with E-state index in [0.29, 0.717) is 25.6 Å². The Balaban J connectivity index is 0.000000187. The first-order valence-electron chi connectivity index (χ1n) is 5.78. The van der Waals surface area contributed by atoms with E-state index >= 15 is 0 Å². The summed E-state index contributed by atoms with van der Waals surface area (Å²) in [6.45, 7) is 3.08. The minimum absolute atomic E-state index is 0.188. The number of nitrogens with zero attached hydrogens (tertiary/aromatic N) is 2. The lowest BCUT2D eigenvalue weighted by Gasteiger charge is -2.19. The fraction of sp³-hybridized carbons (Fsp3) is 0.778. The normalized spacial score (nSPS) is 21.4. The monoisotopic (exact) mass is 294 g/mol. The molecule has 104 valence electrons. The fourth-order valence-electron chi connectivity index (χ4n) is 1.88. The lowest BCUT2D eigenvalue weighted by molar-refractivity contribution is -0.120. The second-order valence-electron chi connectivity index (χ2n) is 3.97. The van der Waals surface area contributed by atoms with E-state index in [-0.39, 0.29) is 6.03 Å². The SMILES string of the molecule is O=C1N2CCCC(C2)N1P.O=CNOCCNP. The number of amides is 3. The van der Waals surface area contributed by atoms with Crippen molar-refractivity contribution in [2.24, 2.45) is 0 Å². The van der Waals surface area contributed by atoms with E-state index in [4.69, 9.17) is 0 Å². The smallest absolute Gasteiger partial charge is 0.322 e. The number of rotatable bonds is 5. The Labute approximate surface area is 111 Å². The summed E-state index contributed by atoms with van der Waals surface area (Å²) in [5.74, 6) is 0. The van der Waals surface area contributed by atoms with Crippen molar-refractivity contribution in [2.45, 2.75) is 18.9 Å². The highest BCUT2D eigenvalue weighted by Gasteiger charge is 2.37. The highest BCUT2D eigenvalue weighted by atomic mass is 31.0. The van der Waals surface area contributed by atoms with Crippen LogP contribution in [0.3, 0.4) is 0 Å². The molecule has 2 rings (SSSR count). The van der Waals surface area contributed by atoms with Gasteiger partial charge in [-0.3, -0.25) is 14.7 Å². The fourth-order valence-corrected chi connectivity index (χ4v) is 2.40. The third kappa shape index (κ3) is 4.65. The zero-order chi connectivity index (χ0) is 13.4. The second-order valence-corrected chi connectivity index (χ2v) is 4.93. The van der Waals surface area contributed by atoms with Gasteiger partial charge >= 0.3 is 6.03 Å². The molecule has 0 radical (unpaired) electrons. The van der Waals surface area contributed by atoms with E-state index in [1.165, 1.54) is 12.8 Å². The van der Waals surface area contributed by atoms with Crippen LogP contribution in [-0.4, -0.2) is 54.3 Å². The number of carbonyl (C=O) groups is 2. The molecule has 2 aliphatic heterocycles. The Morgan fingerprint density at radius 2 is 2.33 bits per heavy atom. The molecule has 3 atom stereocenters. The molecule has 18 heavy (non-hydrogen) atoms. The number of hydroxylamine groups is 1. The Hall–Kier alpha value is -0.480. The Kier molecular flexibility index (Phi) is 7.44. The van der Waals surface area contributed by atoms with Crippen LogP contribution in [0.25, 0.3) is 0 Å². The van der Waals surface area contributed by atoms with Crippen molar-refractivity contribution in [2.75, 3.05) is 26.2 Å². The molecule has 2 fully saturated rings. The molecule has 7 nitrogen and oxygen atoms in total. The van der Waals surface area contributed by atoms with Crippen molar-refractivity contribution in [3.8, 4) is 0 Å². The summed E-state index contributed by atoms with van der Waals surface area (Å²) in [4.78, 5) is 27.2. The van der Waals surface area contributed by atoms with Crippen molar-refractivity contribution < 1.29 is 14.4 Å². The van der Waals surface area contributed by atoms with Crippen LogP contribution < -0.4 is 10.6 Å². The standard InChI is InChI=1S/C6H11N2OP.C3H9N2O2P/c9-6-7-3-1-2-5(4-7)8(6)10;6-3-4-7-2-1-5-8/h5H,1-4,10H2;3,5H,1-2,8H2,(H,4,6). The van der Waals surface area contributed by atoms with Crippen molar-refractivity contribution in [3.63, 3.8) is 0 Å². The van der Waals surface area contributed by atoms with Gasteiger partial charge in [-0.1, -0.05) is 9.39 Å². The molecule has 3 amide bonds. The molecule has 2 bridgehead atoms. The Morgan fingerprint density at radius 1 is 1.56 bits per heavy atom. The molecule has 2 heterocycles. The number of piperidine rings is 1. The summed E-state index contributed by atoms with van der Waals surface area (Å²) in [5.41, 5.74) is 2.05. The van der Waals surface area contributed by atoms with Crippen LogP contribution in [0.15, 0.2) is 0 Å². The molecule has 2 saturated heterocycles. The van der Waals surface area contributed by atoms with Crippen molar-refractivity contribution in [1.29, 1.82) is 0 Å². The molecular weight excluding hydrogens is 274 g/mol. The predicted octanol–water partition coefficient (Wildman–Crippen LogP) is -0.280. The van der Waals surface area contributed by atoms with Crippen molar-refractivity contribution in [3.05, 3.63) is 0 Å². The summed E-state index contributed by atoms with van der Waals surface area (Å²) >= 11 is 0. The van der Waals surface area contributed by atoms with Gasteiger partial charge in [-0.05, 0) is 22.2 Å². The van der Waals surface area contributed by atoms with E-state index < -0.39 is 0 Å². The lowest BCUT2D eigenvalue weighted by atomic mass is 10.1. The molecule has 2 N–H and O–H groups in total. The van der Waals surface area contributed by atoms with Crippen LogP contribution in [0.4, 0.5) is 4.79 Å². The zero-order valence-corrected chi connectivity index (χ0v) is 12.5. The third-order valence-electron chi connectivity index (χ3n) is 2.76. The topological polar surface area (TPSA) is 73.9 Å². The molecule has 0 aromatic carbocycles. The van der Waals surface area contributed by atoms with Crippen LogP contribution in [0, 0.1) is 0 Å². The molecule has 9 heteroatoms. The van der Waals surface area contributed by atoms with Gasteiger partial charge in [0.1, 0.15) is 0 Å². The van der Waals surface area contributed by atoms with Gasteiger partial charge in [-0.15, -0.1) is 0 Å². The van der Waals surface area contributed by atoms with Crippen molar-refractivity contribution >= 4 is 31.2 Å². The van der Waals surface area contributed by atoms with Gasteiger partial charge in [-0.25, -0.2) is 10.3 Å². The molecular formula is C9H20N4O3P2. The first kappa shape index (κ1) is 15.6. The largest absolute Gasteiger partial charge is 0.323 e. The highest BCUT2D eigenvalue weighted by molar-refractivity contribution is 7.14. The van der Waals surface area contributed by atoms with Crippen LogP contribution in [0.2, 0.25) is 0 Å². The Bertz CT molecular complexity index is 279. The highest BCUT2D eigenvalue weighted by Crippen LogP contribution is 2.27. The molecule has 0 saturated carbocycles. The van der Waals surface area contributed by atoms with Crippen molar-refractivity contribution in [1.82, 2.24) is 20.1 Å². The van der Waals surface area contributed by atoms with E-state index in [0.717, 1.165) is 13.1 Å². The van der Waals surface area contributed by atoms with Gasteiger partial charge in [0.15, 0.2) is 0 Å². The number of nitrogens with one attached hydrogen (secondary N) is 2. The van der Waals surface area contributed by atoms with E-state index in [1.807, 2.05) is 4.90 Å². The summed E-state index contributed by atoms with van der Waals surface area (Å²) in [6, 6.07) is 0.666. The quantitative estimate of drug-likeness (QED) is 0.316. The molecule has 0 aliphatic carbocycles. The van der Waals surface area contributed by atoms with Crippen LogP contribution in [0.1, 0.15) is 12.8 Å². The zero-order valence-electron chi connectivity index (χ0n) is 10.2. The van der Waals surface area contributed by atoms with Gasteiger partial charge in [0, 0.05) is 19.6 Å². The Morgan fingerprint density at radius 3 is 2.89 bits per heavy atom. The third-order valence-corrected chi connectivity index (χ3v) is 3.69. The average Bonchev–Trinajstić information content (AvgIpc) is 2.60. The number of hydrogen-bond donors (Lipinski definition) is 2. The number of urea groups is 1. The summed E-state index contributed by atoms with van der Waals surface area (Å²) in [5, 5.41) is 2.76. The van der Waals surface area contributed by atoms with Gasteiger partial charge in [-0.2, -0.15) is 0 Å². The van der Waals surface area contributed by atoms with Crippen LogP contribution in [0.5, 0.6) is 0 Å². The maximum atomic E-state index is 11.2. The van der Waals surface area contributed by atoms with E-state index in [1.54, 1.807) is 4.67 Å². The maximum Gasteiger partial charge on any atom is 0.323 e. The number of fused-ring (bicyclic) bond motifs is 2. The summed E-state index contributed by atoms with van der Waals surface area (Å²) < 4.78 is 1.78. The average molecular weight is 294 g/mol. The molecule has 0 spiro atoms. The van der Waals surface area contributed by atoms with Crippen LogP contribution >= 0.6 is 18.8 Å². The molecule has 0 aromatic rings. The first-order valence-corrected chi connectivity index (χ1v) is 6.87. The maximum absolute atomic E-state index is 11.2. The molecule has 3 unspecified atom stereocenters. The van der Waals surface area contributed by atoms with Crippen LogP contribution in [-0.2, 0) is 9.63 Å².